The second kappa shape index (κ2) is 6.65. The maximum atomic E-state index is 4.44. The van der Waals surface area contributed by atoms with Crippen LogP contribution in [-0.4, -0.2) is 49.4 Å². The van der Waals surface area contributed by atoms with Gasteiger partial charge in [0.15, 0.2) is 5.82 Å². The van der Waals surface area contributed by atoms with Gasteiger partial charge in [-0.3, -0.25) is 10.4 Å². The standard InChI is InChI=1S/C14H19N7/c1-20(2)13-9-12(17-14(18-13)21(3)4)19-16-10-11-5-7-15-8-6-11/h5-10H,1-4H3,(H,17,18,19)/b16-10+. The number of hydrogen-bond donors (Lipinski definition) is 1. The summed E-state index contributed by atoms with van der Waals surface area (Å²) in [4.78, 5) is 16.6. The molecule has 0 fully saturated rings. The minimum absolute atomic E-state index is 0.628. The Labute approximate surface area is 124 Å². The smallest absolute Gasteiger partial charge is 0.228 e. The van der Waals surface area contributed by atoms with Crippen LogP contribution >= 0.6 is 0 Å². The molecule has 7 nitrogen and oxygen atoms in total. The van der Waals surface area contributed by atoms with E-state index in [2.05, 4.69) is 25.5 Å². The molecule has 0 radical (unpaired) electrons. The summed E-state index contributed by atoms with van der Waals surface area (Å²) < 4.78 is 0. The summed E-state index contributed by atoms with van der Waals surface area (Å²) in [5, 5.41) is 4.18. The minimum atomic E-state index is 0.628. The minimum Gasteiger partial charge on any atom is -0.363 e. The summed E-state index contributed by atoms with van der Waals surface area (Å²) in [6.45, 7) is 0. The van der Waals surface area contributed by atoms with E-state index in [0.717, 1.165) is 11.4 Å². The molecule has 0 aromatic carbocycles. The molecule has 0 saturated carbocycles. The van der Waals surface area contributed by atoms with Gasteiger partial charge in [0.05, 0.1) is 6.21 Å². The molecule has 2 heterocycles. The van der Waals surface area contributed by atoms with Gasteiger partial charge in [-0.2, -0.15) is 15.1 Å². The first-order chi connectivity index (χ1) is 10.1. The highest BCUT2D eigenvalue weighted by molar-refractivity contribution is 5.79. The predicted molar refractivity (Wildman–Crippen MR) is 86.1 cm³/mol. The Morgan fingerprint density at radius 2 is 1.76 bits per heavy atom. The Hall–Kier alpha value is -2.70. The van der Waals surface area contributed by atoms with E-state index in [9.17, 15) is 0 Å². The maximum absolute atomic E-state index is 4.44. The molecule has 0 aliphatic heterocycles. The zero-order chi connectivity index (χ0) is 15.2. The summed E-state index contributed by atoms with van der Waals surface area (Å²) >= 11 is 0. The summed E-state index contributed by atoms with van der Waals surface area (Å²) in [6, 6.07) is 5.60. The van der Waals surface area contributed by atoms with Gasteiger partial charge in [0.25, 0.3) is 0 Å². The summed E-state index contributed by atoms with van der Waals surface area (Å²) in [7, 11) is 7.68. The number of hydrazone groups is 1. The zero-order valence-electron chi connectivity index (χ0n) is 12.6. The lowest BCUT2D eigenvalue weighted by atomic mass is 10.3. The third kappa shape index (κ3) is 4.13. The third-order valence-electron chi connectivity index (χ3n) is 2.66. The van der Waals surface area contributed by atoms with Crippen molar-refractivity contribution in [2.75, 3.05) is 43.4 Å². The van der Waals surface area contributed by atoms with Gasteiger partial charge < -0.3 is 9.80 Å². The Morgan fingerprint density at radius 3 is 2.38 bits per heavy atom. The van der Waals surface area contributed by atoms with Crippen LogP contribution in [0.1, 0.15) is 5.56 Å². The van der Waals surface area contributed by atoms with E-state index in [-0.39, 0.29) is 0 Å². The highest BCUT2D eigenvalue weighted by Crippen LogP contribution is 2.17. The molecule has 0 amide bonds. The third-order valence-corrected chi connectivity index (χ3v) is 2.66. The van der Waals surface area contributed by atoms with Crippen molar-refractivity contribution in [3.05, 3.63) is 36.2 Å². The van der Waals surface area contributed by atoms with Gasteiger partial charge in [0.2, 0.25) is 5.95 Å². The quantitative estimate of drug-likeness (QED) is 0.662. The van der Waals surface area contributed by atoms with Gasteiger partial charge in [-0.15, -0.1) is 0 Å². The van der Waals surface area contributed by atoms with Crippen molar-refractivity contribution in [2.24, 2.45) is 5.10 Å². The fraction of sp³-hybridized carbons (Fsp3) is 0.286. The highest BCUT2D eigenvalue weighted by atomic mass is 15.3. The first-order valence-electron chi connectivity index (χ1n) is 6.49. The topological polar surface area (TPSA) is 69.5 Å². The average molecular weight is 285 g/mol. The van der Waals surface area contributed by atoms with Gasteiger partial charge in [-0.05, 0) is 17.7 Å². The molecule has 0 aliphatic rings. The molecule has 0 atom stereocenters. The molecule has 1 N–H and O–H groups in total. The van der Waals surface area contributed by atoms with Crippen LogP contribution in [0, 0.1) is 0 Å². The Bertz CT molecular complexity index is 582. The Morgan fingerprint density at radius 1 is 1.05 bits per heavy atom. The molecule has 0 bridgehead atoms. The van der Waals surface area contributed by atoms with Crippen LogP contribution in [0.5, 0.6) is 0 Å². The van der Waals surface area contributed by atoms with E-state index < -0.39 is 0 Å². The lowest BCUT2D eigenvalue weighted by Gasteiger charge is -2.16. The van der Waals surface area contributed by atoms with E-state index in [1.807, 2.05) is 56.2 Å². The van der Waals surface area contributed by atoms with Crippen LogP contribution in [0.2, 0.25) is 0 Å². The average Bonchev–Trinajstić information content (AvgIpc) is 2.48. The van der Waals surface area contributed by atoms with Gasteiger partial charge >= 0.3 is 0 Å². The van der Waals surface area contributed by atoms with Crippen molar-refractivity contribution in [2.45, 2.75) is 0 Å². The van der Waals surface area contributed by atoms with Gasteiger partial charge in [0.1, 0.15) is 5.82 Å². The lowest BCUT2D eigenvalue weighted by Crippen LogP contribution is -2.17. The van der Waals surface area contributed by atoms with Crippen LogP contribution < -0.4 is 15.2 Å². The molecule has 2 rings (SSSR count). The largest absolute Gasteiger partial charge is 0.363 e. The van der Waals surface area contributed by atoms with Crippen LogP contribution in [0.15, 0.2) is 35.7 Å². The number of nitrogens with one attached hydrogen (secondary N) is 1. The van der Waals surface area contributed by atoms with E-state index in [1.54, 1.807) is 18.6 Å². The maximum Gasteiger partial charge on any atom is 0.228 e. The summed E-state index contributed by atoms with van der Waals surface area (Å²) in [5.74, 6) is 2.08. The highest BCUT2D eigenvalue weighted by Gasteiger charge is 2.07. The van der Waals surface area contributed by atoms with Crippen molar-refractivity contribution in [3.63, 3.8) is 0 Å². The summed E-state index contributed by atoms with van der Waals surface area (Å²) in [5.41, 5.74) is 3.89. The van der Waals surface area contributed by atoms with Gasteiger partial charge in [-0.1, -0.05) is 0 Å². The van der Waals surface area contributed by atoms with Crippen molar-refractivity contribution >= 4 is 23.8 Å². The number of anilines is 3. The molecule has 2 aromatic rings. The molecule has 0 aliphatic carbocycles. The molecule has 2 aromatic heterocycles. The second-order valence-corrected chi connectivity index (χ2v) is 4.85. The van der Waals surface area contributed by atoms with Crippen molar-refractivity contribution in [3.8, 4) is 0 Å². The van der Waals surface area contributed by atoms with Gasteiger partial charge in [-0.25, -0.2) is 0 Å². The molecule has 0 spiro atoms. The molecular weight excluding hydrogens is 266 g/mol. The van der Waals surface area contributed by atoms with Crippen molar-refractivity contribution in [1.29, 1.82) is 0 Å². The van der Waals surface area contributed by atoms with Crippen LogP contribution in [-0.2, 0) is 0 Å². The molecular formula is C14H19N7. The summed E-state index contributed by atoms with van der Waals surface area (Å²) in [6.07, 6.45) is 5.16. The number of pyridine rings is 1. The molecule has 0 saturated heterocycles. The molecule has 110 valence electrons. The van der Waals surface area contributed by atoms with Crippen molar-refractivity contribution < 1.29 is 0 Å². The first kappa shape index (κ1) is 14.7. The fourth-order valence-corrected chi connectivity index (χ4v) is 1.53. The van der Waals surface area contributed by atoms with Gasteiger partial charge in [0, 0.05) is 46.7 Å². The number of aromatic nitrogens is 3. The first-order valence-corrected chi connectivity index (χ1v) is 6.49. The number of hydrogen-bond acceptors (Lipinski definition) is 7. The normalized spacial score (nSPS) is 10.7. The zero-order valence-corrected chi connectivity index (χ0v) is 12.6. The number of rotatable bonds is 5. The number of nitrogens with zero attached hydrogens (tertiary/aromatic N) is 6. The second-order valence-electron chi connectivity index (χ2n) is 4.85. The monoisotopic (exact) mass is 285 g/mol. The molecule has 0 unspecified atom stereocenters. The Balaban J connectivity index is 2.17. The predicted octanol–water partition coefficient (Wildman–Crippen LogP) is 1.45. The Kier molecular flexibility index (Phi) is 4.65. The molecule has 7 heteroatoms. The van der Waals surface area contributed by atoms with E-state index in [4.69, 9.17) is 0 Å². The van der Waals surface area contributed by atoms with Crippen LogP contribution in [0.3, 0.4) is 0 Å². The van der Waals surface area contributed by atoms with Crippen LogP contribution in [0.4, 0.5) is 17.6 Å². The van der Waals surface area contributed by atoms with E-state index in [0.29, 0.717) is 11.8 Å². The van der Waals surface area contributed by atoms with Crippen LogP contribution in [0.25, 0.3) is 0 Å². The van der Waals surface area contributed by atoms with Crippen molar-refractivity contribution in [1.82, 2.24) is 15.0 Å². The lowest BCUT2D eigenvalue weighted by molar-refractivity contribution is 0.966. The SMILES string of the molecule is CN(C)c1cc(N/N=C/c2ccncc2)nc(N(C)C)n1. The molecule has 21 heavy (non-hydrogen) atoms. The van der Waals surface area contributed by atoms with E-state index >= 15 is 0 Å². The van der Waals surface area contributed by atoms with E-state index in [1.165, 1.54) is 0 Å². The fourth-order valence-electron chi connectivity index (χ4n) is 1.53.